The minimum atomic E-state index is -3.05. The van der Waals surface area contributed by atoms with E-state index in [9.17, 15) is 9.59 Å². The molecule has 22 heteroatoms. The molecule has 540 valence electrons. The van der Waals surface area contributed by atoms with Crippen molar-refractivity contribution in [3.05, 3.63) is 264 Å². The van der Waals surface area contributed by atoms with E-state index in [0.29, 0.717) is 5.56 Å². The number of alkyl halides is 3. The van der Waals surface area contributed by atoms with Gasteiger partial charge in [-0.15, -0.1) is 6.58 Å². The number of rotatable bonds is 33. The number of alkyl carbamates (subject to hydrolysis) is 1. The SMILES string of the molecule is C=CCO[C@H]1O[C@H](COCc2ccccc2)[C@@H](O[C@@H]2O[C@H](COC(=O)c3ccccc3)[C@H](OCc3ccccc3)[C@H](O[Si](C)(C)C(C)(C)C)[C@H]2O[C@@H]2O[C@@H](C)[C@@H](OCc3ccccc3)[C@@H](OCc3ccccc3)[C@@H]2OCc2ccccc2)[C@H](OCc2ccccc2)[C@H]1NC(=O)OCC(Cl)(Cl)Cl. The molecule has 0 spiro atoms. The van der Waals surface area contributed by atoms with E-state index >= 15 is 0 Å². The zero-order valence-electron chi connectivity index (χ0n) is 57.8. The molecular weight excluding hydrogens is 1370 g/mol. The Balaban J connectivity index is 1.15. The predicted octanol–water partition coefficient (Wildman–Crippen LogP) is 15.0. The van der Waals surface area contributed by atoms with Crippen LogP contribution in [-0.4, -0.2) is 143 Å². The van der Waals surface area contributed by atoms with Crippen LogP contribution in [0, 0.1) is 0 Å². The molecule has 10 rings (SSSR count). The van der Waals surface area contributed by atoms with Crippen molar-refractivity contribution in [3.63, 3.8) is 0 Å². The van der Waals surface area contributed by atoms with E-state index in [1.54, 1.807) is 30.3 Å². The average molecular weight is 1460 g/mol. The molecular formula is C79H92Cl3NO17Si. The quantitative estimate of drug-likeness (QED) is 0.0177. The van der Waals surface area contributed by atoms with E-state index in [-0.39, 0.29) is 59.5 Å². The Hall–Kier alpha value is -6.41. The van der Waals surface area contributed by atoms with Crippen molar-refractivity contribution in [2.24, 2.45) is 0 Å². The predicted molar refractivity (Wildman–Crippen MR) is 386 cm³/mol. The summed E-state index contributed by atoms with van der Waals surface area (Å²) >= 11 is 18.5. The molecule has 3 heterocycles. The lowest BCUT2D eigenvalue weighted by molar-refractivity contribution is -0.390. The van der Waals surface area contributed by atoms with Gasteiger partial charge in [0.1, 0.15) is 80.3 Å². The third-order valence-electron chi connectivity index (χ3n) is 18.0. The van der Waals surface area contributed by atoms with Crippen LogP contribution in [0.1, 0.15) is 71.4 Å². The van der Waals surface area contributed by atoms with Gasteiger partial charge in [0.25, 0.3) is 0 Å². The molecule has 0 radical (unpaired) electrons. The summed E-state index contributed by atoms with van der Waals surface area (Å²) in [6, 6.07) is 65.8. The molecule has 3 fully saturated rings. The summed E-state index contributed by atoms with van der Waals surface area (Å²) in [7, 11) is -3.05. The first-order valence-corrected chi connectivity index (χ1v) is 38.1. The third kappa shape index (κ3) is 22.8. The minimum Gasteiger partial charge on any atom is -0.459 e. The molecule has 0 aromatic heterocycles. The van der Waals surface area contributed by atoms with Crippen LogP contribution >= 0.6 is 34.8 Å². The maximum absolute atomic E-state index is 14.3. The number of benzene rings is 7. The normalized spacial score (nSPS) is 25.6. The first-order chi connectivity index (χ1) is 48.8. The second-order valence-electron chi connectivity index (χ2n) is 26.6. The van der Waals surface area contributed by atoms with Gasteiger partial charge in [-0.2, -0.15) is 0 Å². The lowest BCUT2D eigenvalue weighted by Crippen LogP contribution is -2.70. The second-order valence-corrected chi connectivity index (χ2v) is 33.9. The highest BCUT2D eigenvalue weighted by atomic mass is 35.6. The number of halogens is 3. The Labute approximate surface area is 609 Å². The monoisotopic (exact) mass is 1460 g/mol. The lowest BCUT2D eigenvalue weighted by atomic mass is 9.94. The van der Waals surface area contributed by atoms with Crippen molar-refractivity contribution in [1.82, 2.24) is 5.32 Å². The summed E-state index contributed by atoms with van der Waals surface area (Å²) in [5.41, 5.74) is 5.51. The molecule has 3 aliphatic rings. The molecule has 7 aromatic carbocycles. The van der Waals surface area contributed by atoms with Gasteiger partial charge in [-0.25, -0.2) is 9.59 Å². The Bertz CT molecular complexity index is 3570. The zero-order valence-corrected chi connectivity index (χ0v) is 61.1. The van der Waals surface area contributed by atoms with Crippen molar-refractivity contribution in [2.45, 2.75) is 181 Å². The van der Waals surface area contributed by atoms with Crippen LogP contribution in [0.3, 0.4) is 0 Å². The largest absolute Gasteiger partial charge is 0.459 e. The number of ether oxygens (including phenoxy) is 14. The fraction of sp³-hybridized carbons (Fsp3) is 0.418. The van der Waals surface area contributed by atoms with Gasteiger partial charge in [0.05, 0.1) is 64.5 Å². The second kappa shape index (κ2) is 37.9. The summed E-state index contributed by atoms with van der Waals surface area (Å²) in [5.74, 6) is -0.617. The maximum Gasteiger partial charge on any atom is 0.407 e. The Morgan fingerprint density at radius 2 is 0.871 bits per heavy atom. The van der Waals surface area contributed by atoms with Crippen molar-refractivity contribution < 1.29 is 80.3 Å². The highest BCUT2D eigenvalue weighted by Crippen LogP contribution is 2.44. The van der Waals surface area contributed by atoms with E-state index in [4.69, 9.17) is 106 Å². The minimum absolute atomic E-state index is 0.0271. The van der Waals surface area contributed by atoms with E-state index in [2.05, 4.69) is 45.8 Å². The Morgan fingerprint density at radius 1 is 0.465 bits per heavy atom. The van der Waals surface area contributed by atoms with Crippen LogP contribution in [0.25, 0.3) is 0 Å². The Kier molecular flexibility index (Phi) is 28.9. The summed E-state index contributed by atoms with van der Waals surface area (Å²) in [5, 5.41) is 2.49. The molecule has 15 atom stereocenters. The number of carbonyl (C=O) groups is 2. The number of nitrogens with one attached hydrogen (secondary N) is 1. The summed E-state index contributed by atoms with van der Waals surface area (Å²) in [4.78, 5) is 28.6. The van der Waals surface area contributed by atoms with Gasteiger partial charge in [0, 0.05) is 0 Å². The highest BCUT2D eigenvalue weighted by Gasteiger charge is 2.59. The van der Waals surface area contributed by atoms with Crippen molar-refractivity contribution in [2.75, 3.05) is 26.4 Å². The van der Waals surface area contributed by atoms with E-state index in [1.165, 1.54) is 0 Å². The van der Waals surface area contributed by atoms with Gasteiger partial charge in [-0.05, 0) is 70.6 Å². The smallest absolute Gasteiger partial charge is 0.407 e. The standard InChI is InChI=1S/C79H92Cl3NO17Si/c1-8-44-87-74-64(83-77(85)94-53-79(80,81)82)68(90-48-58-36-22-12-23-37-58)67(62(96-74)51-86-45-55-30-16-9-17-31-55)98-76-72(70(100-101(6,7)78(3,4)5)66(89-47-57-34-20-11-21-35-57)63(97-76)52-93-73(84)61-42-28-15-29-43-61)99-75-71(92-50-60-40-26-14-27-41-60)69(91-49-59-38-24-13-25-39-59)65(54(2)95-75)88-46-56-32-18-10-19-33-56/h8-43,54,62-72,74-76H,1,44-53H2,2-7H3,(H,83,85)/t54-,62+,63+,64+,65+,66-,67+,68+,69+,70-,71-,72+,74-,75-,76-/m0/s1. The molecule has 1 N–H and O–H groups in total. The van der Waals surface area contributed by atoms with Crippen LogP contribution in [0.15, 0.2) is 225 Å². The average Bonchev–Trinajstić information content (AvgIpc) is 0.780. The molecule has 0 aliphatic carbocycles. The third-order valence-corrected chi connectivity index (χ3v) is 22.8. The fourth-order valence-corrected chi connectivity index (χ4v) is 13.3. The van der Waals surface area contributed by atoms with Gasteiger partial charge in [0.15, 0.2) is 27.2 Å². The van der Waals surface area contributed by atoms with Gasteiger partial charge in [-0.3, -0.25) is 0 Å². The van der Waals surface area contributed by atoms with Crippen LogP contribution in [0.5, 0.6) is 0 Å². The number of hydrogen-bond acceptors (Lipinski definition) is 17. The van der Waals surface area contributed by atoms with Crippen molar-refractivity contribution >= 4 is 55.2 Å². The molecule has 7 aromatic rings. The van der Waals surface area contributed by atoms with Crippen LogP contribution < -0.4 is 5.32 Å². The molecule has 0 saturated carbocycles. The van der Waals surface area contributed by atoms with Crippen molar-refractivity contribution in [3.8, 4) is 0 Å². The molecule has 0 unspecified atom stereocenters. The summed E-state index contributed by atoms with van der Waals surface area (Å²) in [6.07, 6.45) is -15.5. The van der Waals surface area contributed by atoms with E-state index < -0.39 is 128 Å². The topological polar surface area (TPSA) is 185 Å². The van der Waals surface area contributed by atoms with Crippen LogP contribution in [-0.2, 0) is 110 Å². The summed E-state index contributed by atoms with van der Waals surface area (Å²) in [6.45, 7) is 16.0. The number of amides is 1. The lowest BCUT2D eigenvalue weighted by Gasteiger charge is -2.53. The fourth-order valence-electron chi connectivity index (χ4n) is 11.8. The molecule has 0 bridgehead atoms. The van der Waals surface area contributed by atoms with Gasteiger partial charge >= 0.3 is 12.1 Å². The molecule has 3 aliphatic heterocycles. The van der Waals surface area contributed by atoms with E-state index in [0.717, 1.165) is 33.4 Å². The number of hydrogen-bond donors (Lipinski definition) is 1. The first kappa shape index (κ1) is 77.2. The van der Waals surface area contributed by atoms with E-state index in [1.807, 2.05) is 195 Å². The highest BCUT2D eigenvalue weighted by molar-refractivity contribution is 6.74. The number of carbonyl (C=O) groups excluding carboxylic acids is 2. The first-order valence-electron chi connectivity index (χ1n) is 34.1. The van der Waals surface area contributed by atoms with Crippen molar-refractivity contribution in [1.29, 1.82) is 0 Å². The maximum atomic E-state index is 14.3. The summed E-state index contributed by atoms with van der Waals surface area (Å²) < 4.78 is 104. The molecule has 3 saturated heterocycles. The van der Waals surface area contributed by atoms with Gasteiger partial charge in [0.2, 0.25) is 3.79 Å². The van der Waals surface area contributed by atoms with Gasteiger partial charge < -0.3 is 76.1 Å². The van der Waals surface area contributed by atoms with Crippen LogP contribution in [0.4, 0.5) is 4.79 Å². The molecule has 101 heavy (non-hydrogen) atoms. The van der Waals surface area contributed by atoms with Gasteiger partial charge in [-0.1, -0.05) is 262 Å². The zero-order chi connectivity index (χ0) is 71.2. The van der Waals surface area contributed by atoms with Crippen LogP contribution in [0.2, 0.25) is 18.1 Å². The molecule has 1 amide bonds. The Morgan fingerprint density at radius 3 is 1.35 bits per heavy atom. The number of esters is 1. The molecule has 18 nitrogen and oxygen atoms in total.